The standard InChI is InChI=1S/C24H19F3N4O3/c1-15-9-10-31-21(11-15)28-19(13-22(31)32)14-34-20-7-5-17(6-8-20)29-23(33)30-18-4-2-3-16(12-18)24(25,26)27/h2-13H,14H2,1H3,(H2,29,30,33). The van der Waals surface area contributed by atoms with Gasteiger partial charge >= 0.3 is 12.2 Å². The average Bonchev–Trinajstić information content (AvgIpc) is 2.78. The van der Waals surface area contributed by atoms with Crippen molar-refractivity contribution in [3.63, 3.8) is 0 Å². The normalized spacial score (nSPS) is 11.3. The maximum absolute atomic E-state index is 12.8. The van der Waals surface area contributed by atoms with E-state index in [9.17, 15) is 22.8 Å². The number of aromatic nitrogens is 2. The van der Waals surface area contributed by atoms with Crippen molar-refractivity contribution >= 4 is 23.1 Å². The molecular weight excluding hydrogens is 449 g/mol. The summed E-state index contributed by atoms with van der Waals surface area (Å²) < 4.78 is 45.5. The van der Waals surface area contributed by atoms with Crippen LogP contribution in [0.2, 0.25) is 0 Å². The van der Waals surface area contributed by atoms with Crippen molar-refractivity contribution in [2.24, 2.45) is 0 Å². The van der Waals surface area contributed by atoms with Crippen LogP contribution in [-0.2, 0) is 12.8 Å². The molecule has 0 aliphatic rings. The molecule has 0 fully saturated rings. The van der Waals surface area contributed by atoms with E-state index in [4.69, 9.17) is 4.74 Å². The quantitative estimate of drug-likeness (QED) is 0.419. The highest BCUT2D eigenvalue weighted by atomic mass is 19.4. The van der Waals surface area contributed by atoms with Crippen LogP contribution in [0, 0.1) is 6.92 Å². The molecule has 4 aromatic rings. The molecule has 0 saturated carbocycles. The number of alkyl halides is 3. The molecule has 2 heterocycles. The Morgan fingerprint density at radius 2 is 1.74 bits per heavy atom. The molecule has 2 aromatic carbocycles. The molecule has 4 rings (SSSR count). The summed E-state index contributed by atoms with van der Waals surface area (Å²) in [6.07, 6.45) is -2.83. The van der Waals surface area contributed by atoms with Gasteiger partial charge in [-0.05, 0) is 67.1 Å². The van der Waals surface area contributed by atoms with Gasteiger partial charge in [-0.1, -0.05) is 6.07 Å². The SMILES string of the molecule is Cc1ccn2c(=O)cc(COc3ccc(NC(=O)Nc4cccc(C(F)(F)F)c4)cc3)nc2c1. The van der Waals surface area contributed by atoms with Crippen LogP contribution >= 0.6 is 0 Å². The van der Waals surface area contributed by atoms with Gasteiger partial charge in [0.2, 0.25) is 0 Å². The van der Waals surface area contributed by atoms with E-state index >= 15 is 0 Å². The van der Waals surface area contributed by atoms with Gasteiger partial charge in [-0.2, -0.15) is 13.2 Å². The zero-order chi connectivity index (χ0) is 24.3. The fraction of sp³-hybridized carbons (Fsp3) is 0.125. The molecule has 0 spiro atoms. The van der Waals surface area contributed by atoms with Gasteiger partial charge in [0, 0.05) is 23.6 Å². The van der Waals surface area contributed by atoms with Gasteiger partial charge in [0.25, 0.3) is 5.56 Å². The summed E-state index contributed by atoms with van der Waals surface area (Å²) in [6.45, 7) is 1.98. The number of fused-ring (bicyclic) bond motifs is 1. The van der Waals surface area contributed by atoms with Crippen molar-refractivity contribution in [1.82, 2.24) is 9.38 Å². The maximum atomic E-state index is 12.8. The number of carbonyl (C=O) groups excluding carboxylic acids is 1. The first-order valence-electron chi connectivity index (χ1n) is 10.1. The van der Waals surface area contributed by atoms with Crippen molar-refractivity contribution in [3.05, 3.63) is 100 Å². The number of halogens is 3. The minimum Gasteiger partial charge on any atom is -0.487 e. The highest BCUT2D eigenvalue weighted by Gasteiger charge is 2.30. The Hall–Kier alpha value is -4.34. The zero-order valence-corrected chi connectivity index (χ0v) is 17.9. The summed E-state index contributed by atoms with van der Waals surface area (Å²) in [5, 5.41) is 4.91. The third kappa shape index (κ3) is 5.52. The molecule has 2 amide bonds. The summed E-state index contributed by atoms with van der Waals surface area (Å²) in [6, 6.07) is 15.1. The Labute approximate surface area is 191 Å². The lowest BCUT2D eigenvalue weighted by atomic mass is 10.2. The predicted molar refractivity (Wildman–Crippen MR) is 121 cm³/mol. The van der Waals surface area contributed by atoms with E-state index in [1.807, 2.05) is 13.0 Å². The van der Waals surface area contributed by atoms with Gasteiger partial charge in [-0.15, -0.1) is 0 Å². The van der Waals surface area contributed by atoms with Crippen molar-refractivity contribution in [1.29, 1.82) is 0 Å². The number of carbonyl (C=O) groups is 1. The van der Waals surface area contributed by atoms with E-state index in [0.717, 1.165) is 17.7 Å². The molecule has 10 heteroatoms. The lowest BCUT2D eigenvalue weighted by Gasteiger charge is -2.11. The van der Waals surface area contributed by atoms with E-state index in [1.165, 1.54) is 22.6 Å². The minimum atomic E-state index is -4.50. The molecule has 174 valence electrons. The monoisotopic (exact) mass is 468 g/mol. The molecule has 0 bridgehead atoms. The topological polar surface area (TPSA) is 84.7 Å². The number of nitrogens with one attached hydrogen (secondary N) is 2. The first kappa shape index (κ1) is 22.8. The van der Waals surface area contributed by atoms with Gasteiger partial charge in [-0.25, -0.2) is 9.78 Å². The summed E-state index contributed by atoms with van der Waals surface area (Å²) in [7, 11) is 0. The molecule has 0 radical (unpaired) electrons. The Kier molecular flexibility index (Phi) is 6.22. The Bertz CT molecular complexity index is 1400. The molecule has 0 aliphatic heterocycles. The molecule has 7 nitrogen and oxygen atoms in total. The van der Waals surface area contributed by atoms with Crippen LogP contribution in [0.15, 0.2) is 77.7 Å². The summed E-state index contributed by atoms with van der Waals surface area (Å²) in [4.78, 5) is 28.8. The van der Waals surface area contributed by atoms with Crippen molar-refractivity contribution in [2.75, 3.05) is 10.6 Å². The highest BCUT2D eigenvalue weighted by Crippen LogP contribution is 2.30. The van der Waals surface area contributed by atoms with Crippen LogP contribution in [0.3, 0.4) is 0 Å². The Morgan fingerprint density at radius 1 is 1.00 bits per heavy atom. The molecule has 0 unspecified atom stereocenters. The number of hydrogen-bond acceptors (Lipinski definition) is 4. The second-order valence-corrected chi connectivity index (χ2v) is 7.49. The zero-order valence-electron chi connectivity index (χ0n) is 17.9. The fourth-order valence-electron chi connectivity index (χ4n) is 3.19. The molecule has 2 aromatic heterocycles. The Morgan fingerprint density at radius 3 is 2.47 bits per heavy atom. The summed E-state index contributed by atoms with van der Waals surface area (Å²) in [5.41, 5.74) is 1.33. The number of pyridine rings is 1. The van der Waals surface area contributed by atoms with Gasteiger partial charge in [0.05, 0.1) is 11.3 Å². The van der Waals surface area contributed by atoms with Gasteiger partial charge in [-0.3, -0.25) is 9.20 Å². The number of ether oxygens (including phenoxy) is 1. The lowest BCUT2D eigenvalue weighted by Crippen LogP contribution is -2.19. The van der Waals surface area contributed by atoms with E-state index in [1.54, 1.807) is 36.5 Å². The summed E-state index contributed by atoms with van der Waals surface area (Å²) in [5.74, 6) is 0.482. The predicted octanol–water partition coefficient (Wildman–Crippen LogP) is 5.24. The molecular formula is C24H19F3N4O3. The number of aryl methyl sites for hydroxylation is 1. The smallest absolute Gasteiger partial charge is 0.416 e. The molecule has 2 N–H and O–H groups in total. The van der Waals surface area contributed by atoms with Crippen LogP contribution < -0.4 is 20.9 Å². The number of rotatable bonds is 5. The molecule has 0 aliphatic carbocycles. The third-order valence-corrected chi connectivity index (χ3v) is 4.82. The van der Waals surface area contributed by atoms with Crippen molar-refractivity contribution in [2.45, 2.75) is 19.7 Å². The number of benzene rings is 2. The van der Waals surface area contributed by atoms with E-state index in [2.05, 4.69) is 15.6 Å². The lowest BCUT2D eigenvalue weighted by molar-refractivity contribution is -0.137. The number of amides is 2. The number of nitrogens with zero attached hydrogens (tertiary/aromatic N) is 2. The van der Waals surface area contributed by atoms with Gasteiger partial charge in [0.1, 0.15) is 18.0 Å². The number of hydrogen-bond donors (Lipinski definition) is 2. The third-order valence-electron chi connectivity index (χ3n) is 4.82. The fourth-order valence-corrected chi connectivity index (χ4v) is 3.19. The Balaban J connectivity index is 1.36. The molecule has 0 atom stereocenters. The van der Waals surface area contributed by atoms with Crippen molar-refractivity contribution in [3.8, 4) is 5.75 Å². The van der Waals surface area contributed by atoms with E-state index in [0.29, 0.717) is 22.8 Å². The van der Waals surface area contributed by atoms with Crippen LogP contribution in [0.25, 0.3) is 5.65 Å². The maximum Gasteiger partial charge on any atom is 0.416 e. The van der Waals surface area contributed by atoms with Crippen LogP contribution in [0.1, 0.15) is 16.8 Å². The van der Waals surface area contributed by atoms with Gasteiger partial charge < -0.3 is 15.4 Å². The van der Waals surface area contributed by atoms with Crippen LogP contribution in [-0.4, -0.2) is 15.4 Å². The number of anilines is 2. The summed E-state index contributed by atoms with van der Waals surface area (Å²) >= 11 is 0. The average molecular weight is 468 g/mol. The van der Waals surface area contributed by atoms with Crippen LogP contribution in [0.4, 0.5) is 29.3 Å². The molecule has 0 saturated heterocycles. The largest absolute Gasteiger partial charge is 0.487 e. The highest BCUT2D eigenvalue weighted by molar-refractivity contribution is 5.99. The number of urea groups is 1. The van der Waals surface area contributed by atoms with E-state index < -0.39 is 17.8 Å². The van der Waals surface area contributed by atoms with E-state index in [-0.39, 0.29) is 17.9 Å². The first-order valence-corrected chi connectivity index (χ1v) is 10.1. The van der Waals surface area contributed by atoms with Crippen LogP contribution in [0.5, 0.6) is 5.75 Å². The van der Waals surface area contributed by atoms with Crippen molar-refractivity contribution < 1.29 is 22.7 Å². The second kappa shape index (κ2) is 9.26. The van der Waals surface area contributed by atoms with Gasteiger partial charge in [0.15, 0.2) is 0 Å². The second-order valence-electron chi connectivity index (χ2n) is 7.49. The minimum absolute atomic E-state index is 0.0151. The first-order chi connectivity index (χ1) is 16.2. The molecule has 34 heavy (non-hydrogen) atoms.